The molecule has 0 bridgehead atoms. The number of rotatable bonds is 6. The van der Waals surface area contributed by atoms with E-state index in [-0.39, 0.29) is 17.7 Å². The number of carbonyl (C=O) groups excluding carboxylic acids is 1. The van der Waals surface area contributed by atoms with Crippen LogP contribution in [-0.4, -0.2) is 23.1 Å². The van der Waals surface area contributed by atoms with Gasteiger partial charge in [-0.15, -0.1) is 12.3 Å². The fourth-order valence-corrected chi connectivity index (χ4v) is 2.52. The lowest BCUT2D eigenvalue weighted by molar-refractivity contribution is -0.136. The summed E-state index contributed by atoms with van der Waals surface area (Å²) in [5, 5.41) is 9.97. The summed E-state index contributed by atoms with van der Waals surface area (Å²) in [7, 11) is 0. The molecule has 0 aromatic carbocycles. The van der Waals surface area contributed by atoms with Crippen LogP contribution >= 0.6 is 0 Å². The maximum atomic E-state index is 13.0. The van der Waals surface area contributed by atoms with Gasteiger partial charge in [0, 0.05) is 31.9 Å². The summed E-state index contributed by atoms with van der Waals surface area (Å²) < 4.78 is 44.1. The Morgan fingerprint density at radius 3 is 2.69 bits per heavy atom. The first-order valence-electron chi connectivity index (χ1n) is 7.64. The number of hydrogen-bond acceptors (Lipinski definition) is 5. The largest absolute Gasteiger partial charge is 0.434 e. The lowest BCUT2D eigenvalue weighted by atomic mass is 10.0. The maximum Gasteiger partial charge on any atom is 0.417 e. The highest BCUT2D eigenvalue weighted by molar-refractivity contribution is 5.96. The Labute approximate surface area is 144 Å². The Morgan fingerprint density at radius 2 is 2.08 bits per heavy atom. The molecule has 7 nitrogen and oxygen atoms in total. The molecule has 0 atom stereocenters. The molecule has 0 saturated carbocycles. The van der Waals surface area contributed by atoms with E-state index in [9.17, 15) is 22.8 Å². The van der Waals surface area contributed by atoms with Crippen molar-refractivity contribution >= 4 is 17.0 Å². The summed E-state index contributed by atoms with van der Waals surface area (Å²) >= 11 is 0. The van der Waals surface area contributed by atoms with Crippen LogP contribution in [-0.2, 0) is 6.18 Å². The number of hydrogen-bond donors (Lipinski definition) is 2. The van der Waals surface area contributed by atoms with Crippen LogP contribution in [0.5, 0.6) is 0 Å². The van der Waals surface area contributed by atoms with Crippen LogP contribution in [0, 0.1) is 12.3 Å². The molecule has 10 heteroatoms. The van der Waals surface area contributed by atoms with Crippen molar-refractivity contribution in [3.05, 3.63) is 33.8 Å². The van der Waals surface area contributed by atoms with E-state index in [2.05, 4.69) is 26.4 Å². The Balaban J connectivity index is 1.71. The van der Waals surface area contributed by atoms with Crippen LogP contribution in [0.3, 0.4) is 0 Å². The quantitative estimate of drug-likeness (QED) is 0.769. The molecule has 1 aliphatic rings. The molecule has 3 heterocycles. The minimum absolute atomic E-state index is 0.191. The van der Waals surface area contributed by atoms with Gasteiger partial charge < -0.3 is 9.73 Å². The topological polar surface area (TPSA) is 99.8 Å². The van der Waals surface area contributed by atoms with Gasteiger partial charge in [0.1, 0.15) is 0 Å². The Hall–Kier alpha value is -3.09. The van der Waals surface area contributed by atoms with Crippen molar-refractivity contribution < 1.29 is 22.4 Å². The smallest absolute Gasteiger partial charge is 0.417 e. The number of aromatic amines is 1. The highest BCUT2D eigenvalue weighted by atomic mass is 19.4. The predicted molar refractivity (Wildman–Crippen MR) is 84.4 cm³/mol. The molecule has 26 heavy (non-hydrogen) atoms. The van der Waals surface area contributed by atoms with E-state index in [1.807, 2.05) is 0 Å². The number of halogens is 3. The number of H-pyrrole nitrogens is 1. The molecule has 0 aliphatic carbocycles. The molecule has 1 amide bonds. The third-order valence-corrected chi connectivity index (χ3v) is 3.93. The molecule has 3 rings (SSSR count). The van der Waals surface area contributed by atoms with E-state index < -0.39 is 34.6 Å². The number of fused-ring (bicyclic) bond motifs is 1. The molecule has 2 N–H and O–H groups in total. The van der Waals surface area contributed by atoms with Crippen molar-refractivity contribution in [1.29, 1.82) is 0 Å². The minimum atomic E-state index is -4.75. The molecule has 0 spiro atoms. The summed E-state index contributed by atoms with van der Waals surface area (Å²) in [4.78, 5) is 25.6. The van der Waals surface area contributed by atoms with E-state index in [0.717, 1.165) is 6.07 Å². The highest BCUT2D eigenvalue weighted by Gasteiger charge is 2.39. The van der Waals surface area contributed by atoms with Crippen molar-refractivity contribution in [2.75, 3.05) is 6.54 Å². The average Bonchev–Trinajstić information content (AvgIpc) is 3.20. The van der Waals surface area contributed by atoms with Crippen LogP contribution in [0.4, 0.5) is 13.2 Å². The fraction of sp³-hybridized carbons (Fsp3) is 0.375. The van der Waals surface area contributed by atoms with Gasteiger partial charge in [0.2, 0.25) is 5.71 Å². The van der Waals surface area contributed by atoms with Crippen molar-refractivity contribution in [3.63, 3.8) is 0 Å². The van der Waals surface area contributed by atoms with Gasteiger partial charge in [-0.3, -0.25) is 14.6 Å². The third-order valence-electron chi connectivity index (χ3n) is 3.93. The number of furan rings is 1. The Morgan fingerprint density at radius 1 is 1.35 bits per heavy atom. The molecule has 2 aromatic heterocycles. The molecule has 0 fully saturated rings. The number of nitrogens with one attached hydrogen (secondary N) is 2. The van der Waals surface area contributed by atoms with Gasteiger partial charge in [-0.2, -0.15) is 23.4 Å². The predicted octanol–water partition coefficient (Wildman–Crippen LogP) is 2.84. The number of terminal acetylenes is 1. The fourth-order valence-electron chi connectivity index (χ4n) is 2.52. The summed E-state index contributed by atoms with van der Waals surface area (Å²) in [6.07, 6.45) is 1.93. The van der Waals surface area contributed by atoms with E-state index in [0.29, 0.717) is 25.3 Å². The third kappa shape index (κ3) is 3.61. The van der Waals surface area contributed by atoms with E-state index in [1.54, 1.807) is 0 Å². The number of alkyl halides is 3. The van der Waals surface area contributed by atoms with Crippen molar-refractivity contribution in [2.45, 2.75) is 31.1 Å². The zero-order valence-electron chi connectivity index (χ0n) is 13.3. The van der Waals surface area contributed by atoms with Crippen LogP contribution in [0.15, 0.2) is 31.6 Å². The maximum absolute atomic E-state index is 13.0. The number of amides is 1. The van der Waals surface area contributed by atoms with E-state index >= 15 is 0 Å². The first-order valence-corrected chi connectivity index (χ1v) is 7.64. The van der Waals surface area contributed by atoms with Gasteiger partial charge in [-0.25, -0.2) is 0 Å². The molecular formula is C16H13F3N4O3. The Bertz CT molecular complexity index is 975. The zero-order valence-corrected chi connectivity index (χ0v) is 13.3. The van der Waals surface area contributed by atoms with Crippen molar-refractivity contribution in [1.82, 2.24) is 10.3 Å². The summed E-state index contributed by atoms with van der Waals surface area (Å²) in [6.45, 7) is 0.191. The average molecular weight is 366 g/mol. The number of aromatic nitrogens is 1. The minimum Gasteiger partial charge on any atom is -0.434 e. The van der Waals surface area contributed by atoms with Crippen molar-refractivity contribution in [3.8, 4) is 12.3 Å². The zero-order chi connectivity index (χ0) is 18.9. The lowest BCUT2D eigenvalue weighted by Crippen LogP contribution is -2.28. The highest BCUT2D eigenvalue weighted by Crippen LogP contribution is 2.36. The van der Waals surface area contributed by atoms with Crippen LogP contribution in [0.1, 0.15) is 35.4 Å². The lowest BCUT2D eigenvalue weighted by Gasteiger charge is -2.08. The normalized spacial score (nSPS) is 15.0. The van der Waals surface area contributed by atoms with Gasteiger partial charge in [0.15, 0.2) is 11.4 Å². The summed E-state index contributed by atoms with van der Waals surface area (Å²) in [6, 6.07) is 1.37. The van der Waals surface area contributed by atoms with Gasteiger partial charge in [-0.1, -0.05) is 0 Å². The second-order valence-corrected chi connectivity index (χ2v) is 5.79. The van der Waals surface area contributed by atoms with Gasteiger partial charge in [-0.05, 0) is 6.07 Å². The molecule has 0 radical (unpaired) electrons. The van der Waals surface area contributed by atoms with Crippen molar-refractivity contribution in [2.24, 2.45) is 10.2 Å². The molecule has 136 valence electrons. The van der Waals surface area contributed by atoms with Crippen LogP contribution < -0.4 is 10.9 Å². The Kier molecular flexibility index (Phi) is 4.31. The second kappa shape index (κ2) is 6.33. The number of carbonyl (C=O) groups is 1. The van der Waals surface area contributed by atoms with E-state index in [1.165, 1.54) is 0 Å². The monoisotopic (exact) mass is 366 g/mol. The summed E-state index contributed by atoms with van der Waals surface area (Å²) in [5.74, 6) is 1.44. The van der Waals surface area contributed by atoms with E-state index in [4.69, 9.17) is 10.8 Å². The molecule has 2 aromatic rings. The molecule has 1 aliphatic heterocycles. The van der Waals surface area contributed by atoms with Gasteiger partial charge in [0.05, 0.1) is 10.9 Å². The molecular weight excluding hydrogens is 353 g/mol. The first-order chi connectivity index (χ1) is 12.2. The first kappa shape index (κ1) is 17.7. The molecule has 0 unspecified atom stereocenters. The van der Waals surface area contributed by atoms with Gasteiger partial charge in [0.25, 0.3) is 11.5 Å². The SMILES string of the molecule is C#CCCC1(CCNC(=O)c2cc3c(C(F)(F)F)cc(=O)[nH]c3o2)N=N1. The van der Waals surface area contributed by atoms with Crippen LogP contribution in [0.2, 0.25) is 0 Å². The molecule has 0 saturated heterocycles. The van der Waals surface area contributed by atoms with Gasteiger partial charge >= 0.3 is 6.18 Å². The second-order valence-electron chi connectivity index (χ2n) is 5.79. The standard InChI is InChI=1S/C16H13F3N4O3/c1-2-3-4-15(22-23-15)5-6-20-13(25)11-7-9-10(16(17,18)19)8-12(24)21-14(9)26-11/h1,7-8H,3-6H2,(H,20,25)(H,21,24). The number of pyridine rings is 1. The van der Waals surface area contributed by atoms with Crippen LogP contribution in [0.25, 0.3) is 11.1 Å². The summed E-state index contributed by atoms with van der Waals surface area (Å²) in [5.41, 5.74) is -3.13. The number of nitrogens with zero attached hydrogens (tertiary/aromatic N) is 2.